The molecule has 1 heterocycles. The number of alkyl carbamates (subject to hydrolysis) is 1. The van der Waals surface area contributed by atoms with Gasteiger partial charge in [0.1, 0.15) is 6.61 Å². The monoisotopic (exact) mass is 478 g/mol. The van der Waals surface area contributed by atoms with Gasteiger partial charge in [0.2, 0.25) is 5.91 Å². The van der Waals surface area contributed by atoms with Gasteiger partial charge in [-0.25, -0.2) is 9.59 Å². The van der Waals surface area contributed by atoms with Crippen LogP contribution in [-0.2, 0) is 14.3 Å². The summed E-state index contributed by atoms with van der Waals surface area (Å²) in [4.78, 5) is 38.1. The zero-order valence-electron chi connectivity index (χ0n) is 19.5. The number of carbonyl (C=O) groups is 3. The van der Waals surface area contributed by atoms with E-state index in [2.05, 4.69) is 29.6 Å². The van der Waals surface area contributed by atoms with Crippen molar-refractivity contribution in [2.45, 2.75) is 37.2 Å². The quantitative estimate of drug-likeness (QED) is 0.588. The number of hydrogen-bond donors (Lipinski definition) is 3. The Balaban J connectivity index is 1.16. The summed E-state index contributed by atoms with van der Waals surface area (Å²) in [6.45, 7) is 0.174. The van der Waals surface area contributed by atoms with Gasteiger partial charge in [0.05, 0.1) is 13.1 Å². The lowest BCUT2D eigenvalue weighted by Crippen LogP contribution is -2.68. The molecule has 1 saturated heterocycles. The molecule has 2 aromatic rings. The van der Waals surface area contributed by atoms with Crippen molar-refractivity contribution in [1.29, 1.82) is 0 Å². The second-order valence-electron chi connectivity index (χ2n) is 9.89. The molecule has 0 bridgehead atoms. The van der Waals surface area contributed by atoms with Gasteiger partial charge >= 0.3 is 12.1 Å². The van der Waals surface area contributed by atoms with E-state index in [9.17, 15) is 19.5 Å². The summed E-state index contributed by atoms with van der Waals surface area (Å²) in [6, 6.07) is 16.3. The molecule has 2 aromatic carbocycles. The van der Waals surface area contributed by atoms with E-state index in [0.29, 0.717) is 13.0 Å². The smallest absolute Gasteiger partial charge is 0.407 e. The summed E-state index contributed by atoms with van der Waals surface area (Å²) in [7, 11) is 0. The lowest BCUT2D eigenvalue weighted by atomic mass is 9.77. The molecule has 3 aliphatic rings. The Hall–Kier alpha value is -3.39. The molecule has 184 valence electrons. The molecule has 2 atom stereocenters. The fraction of sp³-hybridized carbons (Fsp3) is 0.444. The van der Waals surface area contributed by atoms with Crippen LogP contribution in [0.4, 0.5) is 4.79 Å². The van der Waals surface area contributed by atoms with Crippen LogP contribution in [0.2, 0.25) is 0 Å². The van der Waals surface area contributed by atoms with E-state index < -0.39 is 17.7 Å². The van der Waals surface area contributed by atoms with Crippen molar-refractivity contribution in [2.75, 3.05) is 26.2 Å². The number of ether oxygens (including phenoxy) is 1. The van der Waals surface area contributed by atoms with Crippen molar-refractivity contribution in [2.24, 2.45) is 11.8 Å². The minimum Gasteiger partial charge on any atom is -0.479 e. The second-order valence-corrected chi connectivity index (χ2v) is 9.89. The number of likely N-dealkylation sites (tertiary alicyclic amines) is 1. The highest BCUT2D eigenvalue weighted by Gasteiger charge is 2.51. The molecule has 35 heavy (non-hydrogen) atoms. The summed E-state index contributed by atoms with van der Waals surface area (Å²) in [5.41, 5.74) is 2.79. The third-order valence-electron chi connectivity index (χ3n) is 7.69. The molecule has 1 saturated carbocycles. The minimum atomic E-state index is -1.85. The number of carboxylic acid groups (broad SMARTS) is 1. The summed E-state index contributed by atoms with van der Waals surface area (Å²) in [5.74, 6) is -1.81. The third kappa shape index (κ3) is 4.38. The van der Waals surface area contributed by atoms with Crippen molar-refractivity contribution >= 4 is 18.0 Å². The van der Waals surface area contributed by atoms with Crippen molar-refractivity contribution in [3.05, 3.63) is 59.7 Å². The average molecular weight is 479 g/mol. The van der Waals surface area contributed by atoms with Gasteiger partial charge in [0.15, 0.2) is 5.60 Å². The number of nitrogens with one attached hydrogen (secondary N) is 1. The molecular weight excluding hydrogens is 448 g/mol. The Labute approximate surface area is 203 Å². The number of aliphatic carboxylic acids is 1. The zero-order chi connectivity index (χ0) is 24.6. The van der Waals surface area contributed by atoms with E-state index in [1.165, 1.54) is 16.0 Å². The van der Waals surface area contributed by atoms with E-state index in [1.807, 2.05) is 24.3 Å². The second kappa shape index (κ2) is 9.34. The van der Waals surface area contributed by atoms with Crippen LogP contribution in [0.3, 0.4) is 0 Å². The highest BCUT2D eigenvalue weighted by molar-refractivity contribution is 5.86. The number of hydrogen-bond acceptors (Lipinski definition) is 5. The normalized spacial score (nSPS) is 22.5. The van der Waals surface area contributed by atoms with Crippen LogP contribution in [0, 0.1) is 11.8 Å². The van der Waals surface area contributed by atoms with Crippen LogP contribution in [0.25, 0.3) is 11.1 Å². The highest BCUT2D eigenvalue weighted by Crippen LogP contribution is 2.44. The Morgan fingerprint density at radius 1 is 0.971 bits per heavy atom. The Morgan fingerprint density at radius 3 is 2.20 bits per heavy atom. The molecule has 2 amide bonds. The summed E-state index contributed by atoms with van der Waals surface area (Å²) >= 11 is 0. The molecule has 8 nitrogen and oxygen atoms in total. The molecule has 8 heteroatoms. The van der Waals surface area contributed by atoms with Crippen LogP contribution in [0.5, 0.6) is 0 Å². The fourth-order valence-electron chi connectivity index (χ4n) is 5.75. The zero-order valence-corrected chi connectivity index (χ0v) is 19.5. The number of carboxylic acids is 1. The SMILES string of the molecule is O=C(NCC1CCCCC1C(=O)N1CC(O)(C(=O)O)C1)OCC1c2ccccc2-c2ccccc21. The Bertz CT molecular complexity index is 1100. The summed E-state index contributed by atoms with van der Waals surface area (Å²) in [6.07, 6.45) is 2.87. The first kappa shape index (κ1) is 23.4. The predicted octanol–water partition coefficient (Wildman–Crippen LogP) is 2.99. The standard InChI is InChI=1S/C27H30N2O6/c30-24(29-15-27(34,16-29)25(31)32)18-8-2-1-7-17(18)13-28-26(33)35-14-23-21-11-5-3-9-19(21)20-10-4-6-12-22(20)23/h3-6,9-12,17-18,23,34H,1-2,7-8,13-16H2,(H,28,33)(H,31,32). The van der Waals surface area contributed by atoms with Crippen LogP contribution in [0.15, 0.2) is 48.5 Å². The number of carbonyl (C=O) groups excluding carboxylic acids is 2. The Morgan fingerprint density at radius 2 is 1.57 bits per heavy atom. The first-order valence-corrected chi connectivity index (χ1v) is 12.2. The molecule has 5 rings (SSSR count). The van der Waals surface area contributed by atoms with Crippen molar-refractivity contribution in [3.63, 3.8) is 0 Å². The highest BCUT2D eigenvalue weighted by atomic mass is 16.5. The average Bonchev–Trinajstić information content (AvgIpc) is 3.17. The van der Waals surface area contributed by atoms with Crippen LogP contribution < -0.4 is 5.32 Å². The molecule has 0 spiro atoms. The molecule has 2 fully saturated rings. The lowest BCUT2D eigenvalue weighted by Gasteiger charge is -2.46. The van der Waals surface area contributed by atoms with Gasteiger partial charge in [-0.2, -0.15) is 0 Å². The van der Waals surface area contributed by atoms with Crippen LogP contribution in [0.1, 0.15) is 42.7 Å². The molecular formula is C27H30N2O6. The lowest BCUT2D eigenvalue weighted by molar-refractivity contribution is -0.184. The maximum absolute atomic E-state index is 13.0. The first-order valence-electron chi connectivity index (χ1n) is 12.2. The van der Waals surface area contributed by atoms with Crippen LogP contribution >= 0.6 is 0 Å². The number of nitrogens with zero attached hydrogens (tertiary/aromatic N) is 1. The van der Waals surface area contributed by atoms with Crippen molar-refractivity contribution in [3.8, 4) is 11.1 Å². The largest absolute Gasteiger partial charge is 0.479 e. The maximum atomic E-state index is 13.0. The van der Waals surface area contributed by atoms with Crippen molar-refractivity contribution < 1.29 is 29.3 Å². The summed E-state index contributed by atoms with van der Waals surface area (Å²) < 4.78 is 5.62. The van der Waals surface area contributed by atoms with E-state index >= 15 is 0 Å². The van der Waals surface area contributed by atoms with Gasteiger partial charge in [0, 0.05) is 18.4 Å². The van der Waals surface area contributed by atoms with Gasteiger partial charge in [-0.3, -0.25) is 4.79 Å². The van der Waals surface area contributed by atoms with E-state index in [0.717, 1.165) is 30.4 Å². The third-order valence-corrected chi connectivity index (χ3v) is 7.69. The number of benzene rings is 2. The number of amides is 2. The van der Waals surface area contributed by atoms with Gasteiger partial charge in [-0.15, -0.1) is 0 Å². The first-order chi connectivity index (χ1) is 16.9. The molecule has 3 N–H and O–H groups in total. The topological polar surface area (TPSA) is 116 Å². The van der Waals surface area contributed by atoms with Gasteiger partial charge in [0.25, 0.3) is 0 Å². The van der Waals surface area contributed by atoms with E-state index in [4.69, 9.17) is 9.84 Å². The molecule has 2 unspecified atom stereocenters. The molecule has 1 aliphatic heterocycles. The summed E-state index contributed by atoms with van der Waals surface area (Å²) in [5, 5.41) is 21.9. The van der Waals surface area contributed by atoms with E-state index in [1.54, 1.807) is 0 Å². The number of β-amino-alcohol motifs (C(OH)–C–C–N with tert-alkyl or cyclic N) is 1. The number of fused-ring (bicyclic) bond motifs is 3. The Kier molecular flexibility index (Phi) is 6.23. The maximum Gasteiger partial charge on any atom is 0.407 e. The minimum absolute atomic E-state index is 0.0171. The molecule has 2 aliphatic carbocycles. The van der Waals surface area contributed by atoms with Gasteiger partial charge < -0.3 is 25.2 Å². The van der Waals surface area contributed by atoms with Crippen molar-refractivity contribution in [1.82, 2.24) is 10.2 Å². The van der Waals surface area contributed by atoms with Gasteiger partial charge in [-0.1, -0.05) is 61.4 Å². The number of rotatable bonds is 6. The fourth-order valence-corrected chi connectivity index (χ4v) is 5.75. The van der Waals surface area contributed by atoms with Gasteiger partial charge in [-0.05, 0) is 41.0 Å². The predicted molar refractivity (Wildman–Crippen MR) is 128 cm³/mol. The molecule has 0 aromatic heterocycles. The number of aliphatic hydroxyl groups is 1. The molecule has 0 radical (unpaired) electrons. The van der Waals surface area contributed by atoms with Crippen LogP contribution in [-0.4, -0.2) is 64.9 Å². The van der Waals surface area contributed by atoms with E-state index in [-0.39, 0.29) is 43.4 Å².